The van der Waals surface area contributed by atoms with Crippen LogP contribution in [0.5, 0.6) is 0 Å². The first kappa shape index (κ1) is 15.1. The lowest BCUT2D eigenvalue weighted by Crippen LogP contribution is -2.22. The maximum absolute atomic E-state index is 12.0. The van der Waals surface area contributed by atoms with E-state index in [9.17, 15) is 9.90 Å². The van der Waals surface area contributed by atoms with E-state index in [4.69, 9.17) is 0 Å². The standard InChI is InChI=1S/C13H22N2O2S/c1-4-6-7-10(5-2)12(17)15-13-14-11(8-18-13)9(3)16/h8-10,16H,4-7H2,1-3H3,(H,14,15,17). The van der Waals surface area contributed by atoms with Crippen LogP contribution in [-0.2, 0) is 4.79 Å². The number of carbonyl (C=O) groups is 1. The van der Waals surface area contributed by atoms with Gasteiger partial charge in [0.15, 0.2) is 5.13 Å². The van der Waals surface area contributed by atoms with Crippen molar-refractivity contribution in [2.45, 2.75) is 52.6 Å². The number of unbranched alkanes of at least 4 members (excludes halogenated alkanes) is 1. The van der Waals surface area contributed by atoms with Crippen molar-refractivity contribution in [2.24, 2.45) is 5.92 Å². The van der Waals surface area contributed by atoms with Crippen LogP contribution < -0.4 is 5.32 Å². The molecule has 0 saturated carbocycles. The van der Waals surface area contributed by atoms with Crippen molar-refractivity contribution in [3.8, 4) is 0 Å². The van der Waals surface area contributed by atoms with Gasteiger partial charge in [-0.15, -0.1) is 11.3 Å². The molecular weight excluding hydrogens is 248 g/mol. The molecule has 2 N–H and O–H groups in total. The van der Waals surface area contributed by atoms with Crippen molar-refractivity contribution in [1.82, 2.24) is 4.98 Å². The minimum absolute atomic E-state index is 0.0393. The fourth-order valence-electron chi connectivity index (χ4n) is 1.71. The molecule has 1 aromatic heterocycles. The number of hydrogen-bond donors (Lipinski definition) is 2. The summed E-state index contributed by atoms with van der Waals surface area (Å²) in [7, 11) is 0. The molecule has 0 aliphatic heterocycles. The number of rotatable bonds is 7. The van der Waals surface area contributed by atoms with E-state index in [-0.39, 0.29) is 11.8 Å². The summed E-state index contributed by atoms with van der Waals surface area (Å²) in [6, 6.07) is 0. The third-order valence-corrected chi connectivity index (χ3v) is 3.73. The molecule has 0 radical (unpaired) electrons. The van der Waals surface area contributed by atoms with E-state index in [1.54, 1.807) is 12.3 Å². The van der Waals surface area contributed by atoms with Gasteiger partial charge >= 0.3 is 0 Å². The van der Waals surface area contributed by atoms with Gasteiger partial charge in [0.1, 0.15) is 0 Å². The lowest BCUT2D eigenvalue weighted by atomic mass is 9.99. The van der Waals surface area contributed by atoms with Gasteiger partial charge in [0, 0.05) is 11.3 Å². The Hall–Kier alpha value is -0.940. The molecule has 4 nitrogen and oxygen atoms in total. The molecule has 2 atom stereocenters. The van der Waals surface area contributed by atoms with Crippen LogP contribution in [0.3, 0.4) is 0 Å². The highest BCUT2D eigenvalue weighted by Gasteiger charge is 2.17. The molecule has 0 bridgehead atoms. The molecule has 1 rings (SSSR count). The van der Waals surface area contributed by atoms with Gasteiger partial charge in [-0.3, -0.25) is 4.79 Å². The minimum Gasteiger partial charge on any atom is -0.387 e. The van der Waals surface area contributed by atoms with Gasteiger partial charge < -0.3 is 10.4 Å². The molecule has 0 saturated heterocycles. The van der Waals surface area contributed by atoms with Crippen molar-refractivity contribution in [1.29, 1.82) is 0 Å². The molecule has 1 amide bonds. The molecule has 0 aliphatic carbocycles. The van der Waals surface area contributed by atoms with Crippen LogP contribution in [0.2, 0.25) is 0 Å². The molecule has 0 aliphatic rings. The van der Waals surface area contributed by atoms with Crippen LogP contribution in [-0.4, -0.2) is 16.0 Å². The molecule has 102 valence electrons. The molecule has 18 heavy (non-hydrogen) atoms. The second-order valence-electron chi connectivity index (χ2n) is 4.49. The van der Waals surface area contributed by atoms with Gasteiger partial charge in [0.05, 0.1) is 11.8 Å². The zero-order valence-electron chi connectivity index (χ0n) is 11.3. The Bertz CT molecular complexity index is 377. The lowest BCUT2D eigenvalue weighted by molar-refractivity contribution is -0.120. The van der Waals surface area contributed by atoms with Crippen molar-refractivity contribution >= 4 is 22.4 Å². The normalized spacial score (nSPS) is 14.2. The van der Waals surface area contributed by atoms with E-state index >= 15 is 0 Å². The Kier molecular flexibility index (Phi) is 6.29. The second kappa shape index (κ2) is 7.48. The van der Waals surface area contributed by atoms with E-state index in [1.165, 1.54) is 11.3 Å². The monoisotopic (exact) mass is 270 g/mol. The third-order valence-electron chi connectivity index (χ3n) is 2.95. The van der Waals surface area contributed by atoms with E-state index < -0.39 is 6.10 Å². The van der Waals surface area contributed by atoms with Gasteiger partial charge in [-0.1, -0.05) is 26.7 Å². The van der Waals surface area contributed by atoms with Crippen LogP contribution in [0.4, 0.5) is 5.13 Å². The number of aliphatic hydroxyl groups excluding tert-OH is 1. The van der Waals surface area contributed by atoms with E-state index in [2.05, 4.69) is 17.2 Å². The number of aromatic nitrogens is 1. The number of carbonyl (C=O) groups excluding carboxylic acids is 1. The van der Waals surface area contributed by atoms with Crippen LogP contribution in [0, 0.1) is 5.92 Å². The topological polar surface area (TPSA) is 62.2 Å². The molecule has 1 heterocycles. The van der Waals surface area contributed by atoms with Gasteiger partial charge in [-0.25, -0.2) is 4.98 Å². The molecule has 2 unspecified atom stereocenters. The third kappa shape index (κ3) is 4.38. The van der Waals surface area contributed by atoms with Crippen LogP contribution >= 0.6 is 11.3 Å². The zero-order valence-corrected chi connectivity index (χ0v) is 12.1. The van der Waals surface area contributed by atoms with Crippen LogP contribution in [0.1, 0.15) is 58.3 Å². The van der Waals surface area contributed by atoms with Crippen LogP contribution in [0.25, 0.3) is 0 Å². The first-order chi connectivity index (χ1) is 8.58. The molecule has 0 fully saturated rings. The first-order valence-corrected chi connectivity index (χ1v) is 7.40. The quantitative estimate of drug-likeness (QED) is 0.798. The zero-order chi connectivity index (χ0) is 13.5. The lowest BCUT2D eigenvalue weighted by Gasteiger charge is -2.12. The fraction of sp³-hybridized carbons (Fsp3) is 0.692. The van der Waals surface area contributed by atoms with Crippen molar-refractivity contribution in [2.75, 3.05) is 5.32 Å². The van der Waals surface area contributed by atoms with Crippen molar-refractivity contribution < 1.29 is 9.90 Å². The largest absolute Gasteiger partial charge is 0.387 e. The van der Waals surface area contributed by atoms with Gasteiger partial charge in [-0.2, -0.15) is 0 Å². The number of nitrogens with one attached hydrogen (secondary N) is 1. The summed E-state index contributed by atoms with van der Waals surface area (Å²) in [6.45, 7) is 5.82. The van der Waals surface area contributed by atoms with E-state index in [0.717, 1.165) is 25.7 Å². The number of anilines is 1. The predicted molar refractivity (Wildman–Crippen MR) is 74.7 cm³/mol. The second-order valence-corrected chi connectivity index (χ2v) is 5.35. The SMILES string of the molecule is CCCCC(CC)C(=O)Nc1nc(C(C)O)cs1. The molecular formula is C13H22N2O2S. The number of hydrogen-bond acceptors (Lipinski definition) is 4. The van der Waals surface area contributed by atoms with Gasteiger partial charge in [-0.05, 0) is 19.8 Å². The smallest absolute Gasteiger partial charge is 0.229 e. The summed E-state index contributed by atoms with van der Waals surface area (Å²) in [5.41, 5.74) is 0.608. The number of thiazole rings is 1. The van der Waals surface area contributed by atoms with Gasteiger partial charge in [0.25, 0.3) is 0 Å². The Balaban J connectivity index is 2.56. The number of aliphatic hydroxyl groups is 1. The number of amides is 1. The van der Waals surface area contributed by atoms with E-state index in [1.807, 2.05) is 6.92 Å². The fourth-order valence-corrected chi connectivity index (χ4v) is 2.51. The molecule has 0 spiro atoms. The Morgan fingerprint density at radius 3 is 2.78 bits per heavy atom. The number of nitrogens with zero attached hydrogens (tertiary/aromatic N) is 1. The highest BCUT2D eigenvalue weighted by atomic mass is 32.1. The first-order valence-electron chi connectivity index (χ1n) is 6.52. The maximum atomic E-state index is 12.0. The molecule has 5 heteroatoms. The summed E-state index contributed by atoms with van der Waals surface area (Å²) in [5, 5.41) is 14.6. The molecule has 0 aromatic carbocycles. The summed E-state index contributed by atoms with van der Waals surface area (Å²) < 4.78 is 0. The minimum atomic E-state index is -0.589. The van der Waals surface area contributed by atoms with Crippen molar-refractivity contribution in [3.05, 3.63) is 11.1 Å². The predicted octanol–water partition coefficient (Wildman–Crippen LogP) is 3.35. The Morgan fingerprint density at radius 1 is 1.56 bits per heavy atom. The Morgan fingerprint density at radius 2 is 2.28 bits per heavy atom. The van der Waals surface area contributed by atoms with Gasteiger partial charge in [0.2, 0.25) is 5.91 Å². The summed E-state index contributed by atoms with van der Waals surface area (Å²) in [4.78, 5) is 16.2. The maximum Gasteiger partial charge on any atom is 0.229 e. The summed E-state index contributed by atoms with van der Waals surface area (Å²) >= 11 is 1.35. The summed E-state index contributed by atoms with van der Waals surface area (Å²) in [6.07, 6.45) is 3.36. The average Bonchev–Trinajstić information content (AvgIpc) is 2.78. The van der Waals surface area contributed by atoms with Crippen molar-refractivity contribution in [3.63, 3.8) is 0 Å². The Labute approximate surface area is 112 Å². The van der Waals surface area contributed by atoms with E-state index in [0.29, 0.717) is 10.8 Å². The summed E-state index contributed by atoms with van der Waals surface area (Å²) in [5.74, 6) is 0.0984. The van der Waals surface area contributed by atoms with Crippen LogP contribution in [0.15, 0.2) is 5.38 Å². The molecule has 1 aromatic rings. The highest BCUT2D eigenvalue weighted by Crippen LogP contribution is 2.22. The highest BCUT2D eigenvalue weighted by molar-refractivity contribution is 7.13. The average molecular weight is 270 g/mol.